The van der Waals surface area contributed by atoms with Crippen LogP contribution in [0.15, 0.2) is 18.2 Å². The predicted molar refractivity (Wildman–Crippen MR) is 113 cm³/mol. The first-order valence-corrected chi connectivity index (χ1v) is 10.6. The Morgan fingerprint density at radius 2 is 1.61 bits per heavy atom. The maximum absolute atomic E-state index is 13.5. The SMILES string of the molecule is CN(C)c1ccc(NC(=O)N2CCN(CC(=O)N3CCCCC3)CC2)c(C(F)(F)F)c1. The van der Waals surface area contributed by atoms with E-state index in [9.17, 15) is 22.8 Å². The van der Waals surface area contributed by atoms with E-state index < -0.39 is 17.8 Å². The largest absolute Gasteiger partial charge is 0.418 e. The van der Waals surface area contributed by atoms with Crippen LogP contribution in [0.5, 0.6) is 0 Å². The van der Waals surface area contributed by atoms with Crippen molar-refractivity contribution in [1.82, 2.24) is 14.7 Å². The van der Waals surface area contributed by atoms with Gasteiger partial charge >= 0.3 is 12.2 Å². The van der Waals surface area contributed by atoms with Crippen molar-refractivity contribution in [1.29, 1.82) is 0 Å². The molecule has 2 saturated heterocycles. The first-order valence-electron chi connectivity index (χ1n) is 10.6. The fraction of sp³-hybridized carbons (Fsp3) is 0.619. The van der Waals surface area contributed by atoms with E-state index in [1.807, 2.05) is 9.80 Å². The number of urea groups is 1. The first kappa shape index (κ1) is 23.2. The number of piperazine rings is 1. The molecule has 2 fully saturated rings. The second-order valence-electron chi connectivity index (χ2n) is 8.26. The molecule has 0 atom stereocenters. The Bertz CT molecular complexity index is 786. The summed E-state index contributed by atoms with van der Waals surface area (Å²) in [5, 5.41) is 2.42. The number of hydrogen-bond acceptors (Lipinski definition) is 4. The van der Waals surface area contributed by atoms with Crippen LogP contribution >= 0.6 is 0 Å². The Balaban J connectivity index is 1.56. The van der Waals surface area contributed by atoms with E-state index in [-0.39, 0.29) is 11.6 Å². The summed E-state index contributed by atoms with van der Waals surface area (Å²) in [6.07, 6.45) is -1.35. The summed E-state index contributed by atoms with van der Waals surface area (Å²) >= 11 is 0. The van der Waals surface area contributed by atoms with Crippen molar-refractivity contribution >= 4 is 23.3 Å². The lowest BCUT2D eigenvalue weighted by atomic mass is 10.1. The van der Waals surface area contributed by atoms with E-state index in [1.165, 1.54) is 17.0 Å². The van der Waals surface area contributed by atoms with Gasteiger partial charge in [-0.15, -0.1) is 0 Å². The molecule has 0 spiro atoms. The van der Waals surface area contributed by atoms with Gasteiger partial charge in [0.1, 0.15) is 0 Å². The van der Waals surface area contributed by atoms with Gasteiger partial charge in [0.25, 0.3) is 0 Å². The molecule has 1 aromatic rings. The van der Waals surface area contributed by atoms with Gasteiger partial charge in [0.15, 0.2) is 0 Å². The number of halogens is 3. The number of alkyl halides is 3. The number of nitrogens with zero attached hydrogens (tertiary/aromatic N) is 4. The molecule has 2 aliphatic heterocycles. The molecule has 7 nitrogen and oxygen atoms in total. The minimum absolute atomic E-state index is 0.105. The predicted octanol–water partition coefficient (Wildman–Crippen LogP) is 2.93. The van der Waals surface area contributed by atoms with Crippen molar-refractivity contribution in [2.45, 2.75) is 25.4 Å². The molecule has 1 N–H and O–H groups in total. The first-order chi connectivity index (χ1) is 14.6. The molecule has 3 amide bonds. The monoisotopic (exact) mass is 441 g/mol. The lowest BCUT2D eigenvalue weighted by Gasteiger charge is -2.36. The molecule has 31 heavy (non-hydrogen) atoms. The number of nitrogens with one attached hydrogen (secondary N) is 1. The molecule has 0 bridgehead atoms. The second kappa shape index (κ2) is 9.76. The van der Waals surface area contributed by atoms with Crippen molar-refractivity contribution in [2.75, 3.05) is 70.1 Å². The van der Waals surface area contributed by atoms with Gasteiger partial charge < -0.3 is 20.0 Å². The Morgan fingerprint density at radius 3 is 2.19 bits per heavy atom. The second-order valence-corrected chi connectivity index (χ2v) is 8.26. The standard InChI is InChI=1S/C21H30F3N5O2/c1-26(2)16-6-7-18(17(14-16)21(22,23)24)25-20(31)29-12-10-27(11-13-29)15-19(30)28-8-4-3-5-9-28/h6-7,14H,3-5,8-13,15H2,1-2H3,(H,25,31). The van der Waals surface area contributed by atoms with E-state index in [2.05, 4.69) is 5.32 Å². The number of anilines is 2. The Morgan fingerprint density at radius 1 is 0.968 bits per heavy atom. The third-order valence-corrected chi connectivity index (χ3v) is 5.79. The molecule has 2 aliphatic rings. The van der Waals surface area contributed by atoms with Crippen molar-refractivity contribution in [2.24, 2.45) is 0 Å². The molecule has 0 radical (unpaired) electrons. The average Bonchev–Trinajstić information content (AvgIpc) is 2.74. The molecule has 0 saturated carbocycles. The summed E-state index contributed by atoms with van der Waals surface area (Å²) in [4.78, 5) is 31.9. The van der Waals surface area contributed by atoms with Gasteiger partial charge in [0.05, 0.1) is 17.8 Å². The molecule has 0 aromatic heterocycles. The van der Waals surface area contributed by atoms with Gasteiger partial charge in [-0.2, -0.15) is 13.2 Å². The number of carbonyl (C=O) groups excluding carboxylic acids is 2. The van der Waals surface area contributed by atoms with Crippen LogP contribution in [-0.2, 0) is 11.0 Å². The minimum atomic E-state index is -4.58. The van der Waals surface area contributed by atoms with Gasteiger partial charge in [-0.1, -0.05) is 0 Å². The molecule has 0 unspecified atom stereocenters. The molecule has 3 rings (SSSR count). The molecular formula is C21H30F3N5O2. The molecule has 2 heterocycles. The van der Waals surface area contributed by atoms with Gasteiger partial charge in [-0.25, -0.2) is 4.79 Å². The fourth-order valence-electron chi connectivity index (χ4n) is 3.89. The highest BCUT2D eigenvalue weighted by atomic mass is 19.4. The quantitative estimate of drug-likeness (QED) is 0.781. The third-order valence-electron chi connectivity index (χ3n) is 5.79. The Kier molecular flexibility index (Phi) is 7.30. The number of rotatable bonds is 4. The van der Waals surface area contributed by atoms with Gasteiger partial charge in [0, 0.05) is 59.1 Å². The molecular weight excluding hydrogens is 411 g/mol. The smallest absolute Gasteiger partial charge is 0.378 e. The zero-order chi connectivity index (χ0) is 22.6. The van der Waals surface area contributed by atoms with Crippen molar-refractivity contribution < 1.29 is 22.8 Å². The van der Waals surface area contributed by atoms with Crippen molar-refractivity contribution in [3.63, 3.8) is 0 Å². The Labute approximate surface area is 180 Å². The van der Waals surface area contributed by atoms with E-state index >= 15 is 0 Å². The van der Waals surface area contributed by atoms with Gasteiger partial charge in [0.2, 0.25) is 5.91 Å². The molecule has 10 heteroatoms. The lowest BCUT2D eigenvalue weighted by Crippen LogP contribution is -2.52. The average molecular weight is 441 g/mol. The van der Waals surface area contributed by atoms with E-state index in [4.69, 9.17) is 0 Å². The summed E-state index contributed by atoms with van der Waals surface area (Å²) in [7, 11) is 3.31. The highest BCUT2D eigenvalue weighted by molar-refractivity contribution is 5.90. The van der Waals surface area contributed by atoms with Gasteiger partial charge in [-0.3, -0.25) is 9.69 Å². The van der Waals surface area contributed by atoms with Crippen LogP contribution < -0.4 is 10.2 Å². The van der Waals surface area contributed by atoms with E-state index in [1.54, 1.807) is 19.0 Å². The van der Waals surface area contributed by atoms with Crippen molar-refractivity contribution in [3.05, 3.63) is 23.8 Å². The van der Waals surface area contributed by atoms with Crippen LogP contribution in [0.3, 0.4) is 0 Å². The summed E-state index contributed by atoms with van der Waals surface area (Å²) < 4.78 is 40.5. The number of likely N-dealkylation sites (tertiary alicyclic amines) is 1. The maximum atomic E-state index is 13.5. The van der Waals surface area contributed by atoms with Crippen LogP contribution in [0.4, 0.5) is 29.3 Å². The number of amides is 3. The van der Waals surface area contributed by atoms with E-state index in [0.29, 0.717) is 38.4 Å². The normalized spacial score (nSPS) is 18.1. The number of carbonyl (C=O) groups is 2. The van der Waals surface area contributed by atoms with Crippen LogP contribution in [0.1, 0.15) is 24.8 Å². The minimum Gasteiger partial charge on any atom is -0.378 e. The van der Waals surface area contributed by atoms with Crippen LogP contribution in [-0.4, -0.2) is 86.5 Å². The molecule has 172 valence electrons. The van der Waals surface area contributed by atoms with Gasteiger partial charge in [-0.05, 0) is 37.5 Å². The number of benzene rings is 1. The highest BCUT2D eigenvalue weighted by Gasteiger charge is 2.35. The van der Waals surface area contributed by atoms with Crippen molar-refractivity contribution in [3.8, 4) is 0 Å². The topological polar surface area (TPSA) is 59.1 Å². The zero-order valence-corrected chi connectivity index (χ0v) is 18.0. The maximum Gasteiger partial charge on any atom is 0.418 e. The zero-order valence-electron chi connectivity index (χ0n) is 18.0. The number of piperidine rings is 1. The molecule has 0 aliphatic carbocycles. The number of hydrogen-bond donors (Lipinski definition) is 1. The Hall–Kier alpha value is -2.49. The lowest BCUT2D eigenvalue weighted by molar-refractivity contribution is -0.137. The summed E-state index contributed by atoms with van der Waals surface area (Å²) in [5.74, 6) is 0.105. The van der Waals surface area contributed by atoms with Crippen LogP contribution in [0, 0.1) is 0 Å². The highest BCUT2D eigenvalue weighted by Crippen LogP contribution is 2.37. The third kappa shape index (κ3) is 6.03. The summed E-state index contributed by atoms with van der Waals surface area (Å²) in [6.45, 7) is 3.66. The fourth-order valence-corrected chi connectivity index (χ4v) is 3.89. The summed E-state index contributed by atoms with van der Waals surface area (Å²) in [5.41, 5.74) is -0.735. The molecule has 1 aromatic carbocycles. The van der Waals surface area contributed by atoms with Crippen LogP contribution in [0.25, 0.3) is 0 Å². The van der Waals surface area contributed by atoms with Crippen LogP contribution in [0.2, 0.25) is 0 Å². The summed E-state index contributed by atoms with van der Waals surface area (Å²) in [6, 6.07) is 3.28. The van der Waals surface area contributed by atoms with E-state index in [0.717, 1.165) is 38.4 Å².